The number of likely N-dealkylation sites (N-methyl/N-ethyl adjacent to an activating group) is 1. The molecule has 7 heteroatoms. The molecular weight excluding hydrogens is 244 g/mol. The van der Waals surface area contributed by atoms with E-state index >= 15 is 0 Å². The highest BCUT2D eigenvalue weighted by Gasteiger charge is 2.18. The molecule has 1 amide bonds. The lowest BCUT2D eigenvalue weighted by Crippen LogP contribution is -2.43. The Balaban J connectivity index is 2.54. The number of nitrogens with one attached hydrogen (secondary N) is 1. The first-order valence-corrected chi connectivity index (χ1v) is 6.50. The first-order chi connectivity index (χ1) is 8.95. The fourth-order valence-electron chi connectivity index (χ4n) is 1.95. The van der Waals surface area contributed by atoms with Gasteiger partial charge in [-0.3, -0.25) is 9.48 Å². The maximum absolute atomic E-state index is 11.9. The molecule has 0 radical (unpaired) electrons. The summed E-state index contributed by atoms with van der Waals surface area (Å²) in [5, 5.41) is 10.6. The van der Waals surface area contributed by atoms with E-state index in [0.717, 1.165) is 0 Å². The Morgan fingerprint density at radius 2 is 2.21 bits per heavy atom. The molecule has 0 aromatic carbocycles. The van der Waals surface area contributed by atoms with Crippen molar-refractivity contribution >= 4 is 5.91 Å². The van der Waals surface area contributed by atoms with Gasteiger partial charge >= 0.3 is 0 Å². The second-order valence-corrected chi connectivity index (χ2v) is 5.14. The van der Waals surface area contributed by atoms with Crippen LogP contribution in [0.3, 0.4) is 0 Å². The predicted octanol–water partition coefficient (Wildman–Crippen LogP) is -0.447. The van der Waals surface area contributed by atoms with Crippen LogP contribution < -0.4 is 11.1 Å². The van der Waals surface area contributed by atoms with Gasteiger partial charge < -0.3 is 16.0 Å². The molecule has 0 spiro atoms. The van der Waals surface area contributed by atoms with Crippen LogP contribution in [0.5, 0.6) is 0 Å². The third-order valence-corrected chi connectivity index (χ3v) is 3.03. The van der Waals surface area contributed by atoms with Gasteiger partial charge in [-0.05, 0) is 20.0 Å². The van der Waals surface area contributed by atoms with Gasteiger partial charge in [0.25, 0.3) is 5.91 Å². The van der Waals surface area contributed by atoms with Crippen molar-refractivity contribution in [1.82, 2.24) is 25.2 Å². The highest BCUT2D eigenvalue weighted by Crippen LogP contribution is 2.06. The Morgan fingerprint density at radius 1 is 1.53 bits per heavy atom. The number of rotatable bonds is 7. The van der Waals surface area contributed by atoms with Gasteiger partial charge in [-0.25, -0.2) is 0 Å². The lowest BCUT2D eigenvalue weighted by atomic mass is 10.0. The minimum absolute atomic E-state index is 0.198. The van der Waals surface area contributed by atoms with E-state index < -0.39 is 0 Å². The third-order valence-electron chi connectivity index (χ3n) is 3.03. The second-order valence-electron chi connectivity index (χ2n) is 5.14. The summed E-state index contributed by atoms with van der Waals surface area (Å²) < 4.78 is 1.57. The average molecular weight is 268 g/mol. The minimum atomic E-state index is -0.198. The molecule has 7 nitrogen and oxygen atoms in total. The predicted molar refractivity (Wildman–Crippen MR) is 73.7 cm³/mol. The lowest BCUT2D eigenvalue weighted by Gasteiger charge is -2.27. The van der Waals surface area contributed by atoms with Crippen molar-refractivity contribution < 1.29 is 4.79 Å². The molecule has 1 atom stereocenters. The molecule has 19 heavy (non-hydrogen) atoms. The maximum Gasteiger partial charge on any atom is 0.273 e. The summed E-state index contributed by atoms with van der Waals surface area (Å²) in [5.74, 6) is 0.263. The molecule has 1 rings (SSSR count). The number of hydrogen-bond donors (Lipinski definition) is 2. The molecule has 0 aliphatic heterocycles. The summed E-state index contributed by atoms with van der Waals surface area (Å²) in [6.45, 7) is 5.89. The van der Waals surface area contributed by atoms with E-state index in [-0.39, 0.29) is 5.91 Å². The number of carbonyl (C=O) groups is 1. The second kappa shape index (κ2) is 7.20. The third kappa shape index (κ3) is 4.60. The molecular formula is C12H24N6O. The fraction of sp³-hybridized carbons (Fsp3) is 0.750. The Hall–Kier alpha value is -1.47. The molecule has 0 bridgehead atoms. The molecule has 0 saturated carbocycles. The molecule has 0 fully saturated rings. The van der Waals surface area contributed by atoms with Crippen LogP contribution >= 0.6 is 0 Å². The standard InChI is InChI=1S/C12H24N6O/c1-9(2)11(17(3)4)7-14-12(19)10-8-18(6-5-13)16-15-10/h8-9,11H,5-7,13H2,1-4H3,(H,14,19). The highest BCUT2D eigenvalue weighted by atomic mass is 16.2. The van der Waals surface area contributed by atoms with Gasteiger partial charge in [-0.2, -0.15) is 0 Å². The van der Waals surface area contributed by atoms with Crippen molar-refractivity contribution in [2.24, 2.45) is 11.7 Å². The largest absolute Gasteiger partial charge is 0.349 e. The normalized spacial score (nSPS) is 13.0. The van der Waals surface area contributed by atoms with Gasteiger partial charge in [0.2, 0.25) is 0 Å². The Kier molecular flexibility index (Phi) is 5.91. The number of aromatic nitrogens is 3. The van der Waals surface area contributed by atoms with Crippen LogP contribution in [-0.2, 0) is 6.54 Å². The van der Waals surface area contributed by atoms with Gasteiger partial charge in [-0.15, -0.1) is 5.10 Å². The molecule has 1 aromatic heterocycles. The van der Waals surface area contributed by atoms with Crippen molar-refractivity contribution in [3.63, 3.8) is 0 Å². The van der Waals surface area contributed by atoms with Crippen molar-refractivity contribution in [2.75, 3.05) is 27.2 Å². The SMILES string of the molecule is CC(C)C(CNC(=O)c1cn(CCN)nn1)N(C)C. The minimum Gasteiger partial charge on any atom is -0.349 e. The quantitative estimate of drug-likeness (QED) is 0.699. The first-order valence-electron chi connectivity index (χ1n) is 6.50. The topological polar surface area (TPSA) is 89.1 Å². The zero-order valence-electron chi connectivity index (χ0n) is 12.1. The summed E-state index contributed by atoms with van der Waals surface area (Å²) in [6.07, 6.45) is 1.61. The van der Waals surface area contributed by atoms with Crippen molar-refractivity contribution in [1.29, 1.82) is 0 Å². The Labute approximate surface area is 114 Å². The zero-order valence-corrected chi connectivity index (χ0v) is 12.1. The smallest absolute Gasteiger partial charge is 0.273 e. The average Bonchev–Trinajstić information content (AvgIpc) is 2.77. The molecule has 1 unspecified atom stereocenters. The molecule has 0 saturated heterocycles. The van der Waals surface area contributed by atoms with Crippen molar-refractivity contribution in [2.45, 2.75) is 26.4 Å². The van der Waals surface area contributed by atoms with E-state index in [1.165, 1.54) is 0 Å². The lowest BCUT2D eigenvalue weighted by molar-refractivity contribution is 0.0929. The molecule has 0 aliphatic rings. The summed E-state index contributed by atoms with van der Waals surface area (Å²) in [5.41, 5.74) is 5.74. The number of nitrogens with two attached hydrogens (primary N) is 1. The monoisotopic (exact) mass is 268 g/mol. The number of nitrogens with zero attached hydrogens (tertiary/aromatic N) is 4. The maximum atomic E-state index is 11.9. The first kappa shape index (κ1) is 15.6. The number of carbonyl (C=O) groups excluding carboxylic acids is 1. The van der Waals surface area contributed by atoms with Gasteiger partial charge in [-0.1, -0.05) is 19.1 Å². The van der Waals surface area contributed by atoms with E-state index in [1.807, 2.05) is 14.1 Å². The van der Waals surface area contributed by atoms with Crippen LogP contribution in [0.4, 0.5) is 0 Å². The van der Waals surface area contributed by atoms with E-state index in [4.69, 9.17) is 5.73 Å². The van der Waals surface area contributed by atoms with E-state index in [1.54, 1.807) is 10.9 Å². The van der Waals surface area contributed by atoms with Crippen molar-refractivity contribution in [3.8, 4) is 0 Å². The Bertz CT molecular complexity index is 393. The van der Waals surface area contributed by atoms with Gasteiger partial charge in [0, 0.05) is 19.1 Å². The molecule has 1 aromatic rings. The summed E-state index contributed by atoms with van der Waals surface area (Å²) in [4.78, 5) is 14.0. The van der Waals surface area contributed by atoms with Crippen LogP contribution in [0.25, 0.3) is 0 Å². The van der Waals surface area contributed by atoms with Crippen LogP contribution in [-0.4, -0.2) is 59.0 Å². The summed E-state index contributed by atoms with van der Waals surface area (Å²) in [6, 6.07) is 0.294. The summed E-state index contributed by atoms with van der Waals surface area (Å²) >= 11 is 0. The van der Waals surface area contributed by atoms with E-state index in [9.17, 15) is 4.79 Å². The van der Waals surface area contributed by atoms with Crippen LogP contribution in [0.15, 0.2) is 6.20 Å². The van der Waals surface area contributed by atoms with Gasteiger partial charge in [0.15, 0.2) is 5.69 Å². The zero-order chi connectivity index (χ0) is 14.4. The molecule has 0 aliphatic carbocycles. The van der Waals surface area contributed by atoms with Crippen molar-refractivity contribution in [3.05, 3.63) is 11.9 Å². The van der Waals surface area contributed by atoms with Crippen LogP contribution in [0, 0.1) is 5.92 Å². The number of hydrogen-bond acceptors (Lipinski definition) is 5. The molecule has 1 heterocycles. The summed E-state index contributed by atoms with van der Waals surface area (Å²) in [7, 11) is 4.02. The fourth-order valence-corrected chi connectivity index (χ4v) is 1.95. The molecule has 108 valence electrons. The van der Waals surface area contributed by atoms with Gasteiger partial charge in [0.05, 0.1) is 12.7 Å². The highest BCUT2D eigenvalue weighted by molar-refractivity contribution is 5.91. The number of amides is 1. The van der Waals surface area contributed by atoms with Crippen LogP contribution in [0.1, 0.15) is 24.3 Å². The van der Waals surface area contributed by atoms with E-state index in [0.29, 0.717) is 37.3 Å². The van der Waals surface area contributed by atoms with Crippen LogP contribution in [0.2, 0.25) is 0 Å². The molecule has 3 N–H and O–H groups in total. The van der Waals surface area contributed by atoms with E-state index in [2.05, 4.69) is 34.4 Å². The Morgan fingerprint density at radius 3 is 2.74 bits per heavy atom. The van der Waals surface area contributed by atoms with Gasteiger partial charge in [0.1, 0.15) is 0 Å².